The number of cyclic esters (lactones) is 2. The number of piperidine rings is 1. The Bertz CT molecular complexity index is 1710. The molecule has 242 valence electrons. The third-order valence-electron chi connectivity index (χ3n) is 7.42. The standard InChI is InChI=1S/C30H31F4N3O6S2/c1-45(39,40)21-7-8-24(26(14-21)42-18-31)35-11-3-6-27-23(15-30(32,33)34)22-4-2-5-25(28(22)44-27)36-19-9-12-37(13-10-19)16-20-17-41-29(38)43-20/h2,4-5,7-8,14,19-20,35-36H,9-13,15-18H2,1H3. The third-order valence-corrected chi connectivity index (χ3v) is 9.72. The first-order valence-corrected chi connectivity index (χ1v) is 16.8. The Hall–Kier alpha value is -3.74. The van der Waals surface area contributed by atoms with Crippen LogP contribution in [0, 0.1) is 11.8 Å². The van der Waals surface area contributed by atoms with Crippen LogP contribution in [0.1, 0.15) is 23.3 Å². The van der Waals surface area contributed by atoms with Crippen LogP contribution in [-0.2, 0) is 25.7 Å². The molecule has 0 spiro atoms. The number of fused-ring (bicyclic) bond motifs is 1. The molecule has 5 rings (SSSR count). The highest BCUT2D eigenvalue weighted by Crippen LogP contribution is 2.39. The van der Waals surface area contributed by atoms with Crippen LogP contribution in [0.3, 0.4) is 0 Å². The quantitative estimate of drug-likeness (QED) is 0.162. The van der Waals surface area contributed by atoms with E-state index in [2.05, 4.69) is 27.4 Å². The number of ether oxygens (including phenoxy) is 3. The van der Waals surface area contributed by atoms with Gasteiger partial charge in [0.1, 0.15) is 12.4 Å². The Balaban J connectivity index is 1.31. The van der Waals surface area contributed by atoms with Crippen LogP contribution in [0.4, 0.5) is 33.7 Å². The second-order valence-corrected chi connectivity index (χ2v) is 13.8. The molecule has 1 unspecified atom stereocenters. The average molecular weight is 670 g/mol. The number of alkyl halides is 4. The minimum atomic E-state index is -4.45. The van der Waals surface area contributed by atoms with Gasteiger partial charge in [-0.3, -0.25) is 4.90 Å². The second-order valence-electron chi connectivity index (χ2n) is 10.7. The highest BCUT2D eigenvalue weighted by Gasteiger charge is 2.32. The van der Waals surface area contributed by atoms with Gasteiger partial charge in [-0.2, -0.15) is 13.2 Å². The molecule has 2 aliphatic rings. The Morgan fingerprint density at radius 2 is 1.93 bits per heavy atom. The number of halogens is 4. The third kappa shape index (κ3) is 8.50. The molecule has 3 heterocycles. The summed E-state index contributed by atoms with van der Waals surface area (Å²) >= 11 is 1.19. The molecule has 2 aromatic carbocycles. The van der Waals surface area contributed by atoms with E-state index in [4.69, 9.17) is 14.2 Å². The maximum Gasteiger partial charge on any atom is 0.508 e. The van der Waals surface area contributed by atoms with Crippen LogP contribution in [0.2, 0.25) is 0 Å². The maximum atomic E-state index is 13.6. The minimum absolute atomic E-state index is 0.0174. The normalized spacial score (nSPS) is 17.8. The topological polar surface area (TPSA) is 106 Å². The summed E-state index contributed by atoms with van der Waals surface area (Å²) in [5.74, 6) is 5.68. The number of anilines is 2. The van der Waals surface area contributed by atoms with Gasteiger partial charge in [-0.25, -0.2) is 17.6 Å². The monoisotopic (exact) mass is 669 g/mol. The van der Waals surface area contributed by atoms with E-state index < -0.39 is 35.5 Å². The highest BCUT2D eigenvalue weighted by molar-refractivity contribution is 7.90. The molecule has 3 aromatic rings. The Kier molecular flexibility index (Phi) is 9.95. The number of benzene rings is 2. The lowest BCUT2D eigenvalue weighted by Crippen LogP contribution is -2.43. The van der Waals surface area contributed by atoms with Gasteiger partial charge in [0.2, 0.25) is 6.86 Å². The van der Waals surface area contributed by atoms with E-state index in [1.54, 1.807) is 12.1 Å². The smallest absolute Gasteiger partial charge is 0.461 e. The largest absolute Gasteiger partial charge is 0.508 e. The summed E-state index contributed by atoms with van der Waals surface area (Å²) < 4.78 is 93.1. The summed E-state index contributed by atoms with van der Waals surface area (Å²) in [6, 6.07) is 9.29. The van der Waals surface area contributed by atoms with Crippen molar-refractivity contribution in [3.8, 4) is 17.6 Å². The summed E-state index contributed by atoms with van der Waals surface area (Å²) in [5.41, 5.74) is 1.12. The highest BCUT2D eigenvalue weighted by atomic mass is 32.2. The molecule has 2 N–H and O–H groups in total. The van der Waals surface area contributed by atoms with Gasteiger partial charge in [0.15, 0.2) is 15.9 Å². The van der Waals surface area contributed by atoms with Gasteiger partial charge >= 0.3 is 12.3 Å². The molecule has 2 aliphatic heterocycles. The Morgan fingerprint density at radius 1 is 1.16 bits per heavy atom. The van der Waals surface area contributed by atoms with Crippen LogP contribution in [-0.4, -0.2) is 83.7 Å². The number of hydrogen-bond acceptors (Lipinski definition) is 10. The van der Waals surface area contributed by atoms with Crippen molar-refractivity contribution in [3.63, 3.8) is 0 Å². The zero-order valence-electron chi connectivity index (χ0n) is 24.2. The number of hydrogen-bond donors (Lipinski definition) is 2. The van der Waals surface area contributed by atoms with Gasteiger partial charge in [-0.15, -0.1) is 11.3 Å². The summed E-state index contributed by atoms with van der Waals surface area (Å²) in [6.07, 6.45) is -3.89. The first-order valence-electron chi connectivity index (χ1n) is 14.1. The van der Waals surface area contributed by atoms with E-state index in [1.807, 2.05) is 6.07 Å². The molecular weight excluding hydrogens is 638 g/mol. The van der Waals surface area contributed by atoms with Crippen LogP contribution in [0.25, 0.3) is 10.1 Å². The first-order chi connectivity index (χ1) is 21.4. The molecule has 0 radical (unpaired) electrons. The molecule has 15 heteroatoms. The fraction of sp³-hybridized carbons (Fsp3) is 0.433. The van der Waals surface area contributed by atoms with Crippen molar-refractivity contribution in [2.45, 2.75) is 42.5 Å². The summed E-state index contributed by atoms with van der Waals surface area (Å²) in [5, 5.41) is 6.91. The molecular formula is C30H31F4N3O6S2. The van der Waals surface area contributed by atoms with Gasteiger partial charge in [-0.1, -0.05) is 24.0 Å². The number of sulfone groups is 1. The number of nitrogens with one attached hydrogen (secondary N) is 2. The van der Waals surface area contributed by atoms with Crippen molar-refractivity contribution in [2.75, 3.05) is 56.5 Å². The molecule has 1 atom stereocenters. The van der Waals surface area contributed by atoms with E-state index in [-0.39, 0.29) is 52.1 Å². The van der Waals surface area contributed by atoms with Crippen LogP contribution in [0.15, 0.2) is 41.3 Å². The van der Waals surface area contributed by atoms with Crippen LogP contribution >= 0.6 is 11.3 Å². The van der Waals surface area contributed by atoms with E-state index >= 15 is 0 Å². The van der Waals surface area contributed by atoms with Crippen molar-refractivity contribution in [2.24, 2.45) is 0 Å². The minimum Gasteiger partial charge on any atom is -0.461 e. The Labute approximate surface area is 261 Å². The number of carbonyl (C=O) groups is 1. The molecule has 2 fully saturated rings. The van der Waals surface area contributed by atoms with Gasteiger partial charge in [0.05, 0.1) is 38.8 Å². The zero-order valence-corrected chi connectivity index (χ0v) is 25.8. The van der Waals surface area contributed by atoms with Crippen molar-refractivity contribution in [1.82, 2.24) is 4.90 Å². The summed E-state index contributed by atoms with van der Waals surface area (Å²) in [6.45, 7) is 1.17. The predicted octanol–water partition coefficient (Wildman–Crippen LogP) is 5.59. The summed E-state index contributed by atoms with van der Waals surface area (Å²) in [7, 11) is -3.55. The molecule has 0 amide bonds. The molecule has 1 aromatic heterocycles. The van der Waals surface area contributed by atoms with E-state index in [9.17, 15) is 30.8 Å². The SMILES string of the molecule is CS(=O)(=O)c1ccc(NCC#Cc2sc3c(NC4CCN(CC5COC(=O)O5)CC4)cccc3c2CC(F)(F)F)c(OCF)c1. The van der Waals surface area contributed by atoms with Gasteiger partial charge in [0.25, 0.3) is 0 Å². The number of rotatable bonds is 10. The molecule has 0 aliphatic carbocycles. The van der Waals surface area contributed by atoms with Gasteiger partial charge < -0.3 is 24.8 Å². The lowest BCUT2D eigenvalue weighted by atomic mass is 10.0. The fourth-order valence-corrected chi connectivity index (χ4v) is 7.11. The van der Waals surface area contributed by atoms with Crippen molar-refractivity contribution >= 4 is 48.8 Å². The van der Waals surface area contributed by atoms with Gasteiger partial charge in [0, 0.05) is 38.0 Å². The van der Waals surface area contributed by atoms with Crippen LogP contribution in [0.5, 0.6) is 5.75 Å². The number of nitrogens with zero attached hydrogens (tertiary/aromatic N) is 1. The molecule has 0 bridgehead atoms. The molecule has 45 heavy (non-hydrogen) atoms. The molecule has 9 nitrogen and oxygen atoms in total. The number of likely N-dealkylation sites (tertiary alicyclic amines) is 1. The molecule has 2 saturated heterocycles. The average Bonchev–Trinajstić information content (AvgIpc) is 3.54. The number of thiophene rings is 1. The lowest BCUT2D eigenvalue weighted by Gasteiger charge is -2.33. The van der Waals surface area contributed by atoms with Crippen molar-refractivity contribution < 1.29 is 45.0 Å². The predicted molar refractivity (Wildman–Crippen MR) is 162 cm³/mol. The summed E-state index contributed by atoms with van der Waals surface area (Å²) in [4.78, 5) is 13.6. The maximum absolute atomic E-state index is 13.6. The van der Waals surface area contributed by atoms with Gasteiger partial charge in [-0.05, 0) is 42.0 Å². The van der Waals surface area contributed by atoms with E-state index in [1.165, 1.54) is 29.5 Å². The Morgan fingerprint density at radius 3 is 2.60 bits per heavy atom. The van der Waals surface area contributed by atoms with Crippen LogP contribution < -0.4 is 15.4 Å². The first kappa shape index (κ1) is 32.6. The van der Waals surface area contributed by atoms with Crippen molar-refractivity contribution in [1.29, 1.82) is 0 Å². The molecule has 0 saturated carbocycles. The van der Waals surface area contributed by atoms with E-state index in [0.29, 0.717) is 16.6 Å². The van der Waals surface area contributed by atoms with Crippen molar-refractivity contribution in [3.05, 3.63) is 46.8 Å². The second kappa shape index (κ2) is 13.7. The fourth-order valence-electron chi connectivity index (χ4n) is 5.31. The number of carbonyl (C=O) groups excluding carboxylic acids is 1. The zero-order chi connectivity index (χ0) is 32.2. The van der Waals surface area contributed by atoms with E-state index in [0.717, 1.165) is 37.9 Å². The lowest BCUT2D eigenvalue weighted by molar-refractivity contribution is -0.126.